The van der Waals surface area contributed by atoms with E-state index in [1.807, 2.05) is 43.3 Å². The summed E-state index contributed by atoms with van der Waals surface area (Å²) in [7, 11) is -11.7. The average molecular weight is 806 g/mol. The molecule has 1 heterocycles. The Labute approximate surface area is 333 Å². The van der Waals surface area contributed by atoms with Crippen LogP contribution in [-0.4, -0.2) is 67.1 Å². The van der Waals surface area contributed by atoms with Crippen molar-refractivity contribution in [1.82, 2.24) is 4.31 Å². The predicted octanol–water partition coefficient (Wildman–Crippen LogP) is 7.67. The highest BCUT2D eigenvalue weighted by Crippen LogP contribution is 2.48. The fraction of sp³-hybridized carbons (Fsp3) is 0.348. The van der Waals surface area contributed by atoms with Gasteiger partial charge in [0, 0.05) is 18.2 Å². The first kappa shape index (κ1) is 41.2. The molecule has 1 fully saturated rings. The number of benzene rings is 5. The van der Waals surface area contributed by atoms with E-state index < -0.39 is 52.7 Å². The summed E-state index contributed by atoms with van der Waals surface area (Å²) in [6, 6.07) is 49.1. The Hall–Kier alpha value is -3.42. The van der Waals surface area contributed by atoms with Gasteiger partial charge in [0.15, 0.2) is 0 Å². The van der Waals surface area contributed by atoms with E-state index in [1.165, 1.54) is 20.7 Å². The molecule has 55 heavy (non-hydrogen) atoms. The quantitative estimate of drug-likeness (QED) is 0.124. The molecule has 4 atom stereocenters. The number of aliphatic hydroxyl groups excluding tert-OH is 1. The molecule has 6 rings (SSSR count). The van der Waals surface area contributed by atoms with Crippen LogP contribution in [0.1, 0.15) is 32.8 Å². The van der Waals surface area contributed by atoms with Crippen LogP contribution in [0.4, 0.5) is 0 Å². The van der Waals surface area contributed by atoms with E-state index in [2.05, 4.69) is 144 Å². The SMILES string of the molecule is Cc1ccc(S(=O)(=O)N2[C@H](C[Si](C)(C)c3ccccc3)[C@@H]([Si](C)(C)c3ccccc3)[C@H](O)[C@@H]2CCO[Si](c2ccccc2)(c2ccccc2)C(C)(C)C)cc1. The summed E-state index contributed by atoms with van der Waals surface area (Å²) in [5, 5.41) is 17.5. The number of aryl methyl sites for hydroxylation is 1. The summed E-state index contributed by atoms with van der Waals surface area (Å²) < 4.78 is 39.8. The topological polar surface area (TPSA) is 66.8 Å². The molecule has 0 aliphatic carbocycles. The maximum atomic E-state index is 15.3. The summed E-state index contributed by atoms with van der Waals surface area (Å²) in [6.45, 7) is 18.4. The Kier molecular flexibility index (Phi) is 12.1. The first-order valence-corrected chi connectivity index (χ1v) is 29.3. The zero-order chi connectivity index (χ0) is 39.6. The van der Waals surface area contributed by atoms with Crippen molar-refractivity contribution in [1.29, 1.82) is 0 Å². The number of hydrogen-bond acceptors (Lipinski definition) is 4. The zero-order valence-corrected chi connectivity index (χ0v) is 37.6. The minimum absolute atomic E-state index is 0.240. The number of rotatable bonds is 13. The molecule has 0 aromatic heterocycles. The molecule has 9 heteroatoms. The zero-order valence-electron chi connectivity index (χ0n) is 33.8. The third kappa shape index (κ3) is 8.08. The van der Waals surface area contributed by atoms with Crippen molar-refractivity contribution in [2.45, 2.75) is 100 Å². The molecule has 1 saturated heterocycles. The molecule has 0 unspecified atom stereocenters. The molecule has 1 aliphatic heterocycles. The fourth-order valence-corrected chi connectivity index (χ4v) is 22.8. The molecule has 5 nitrogen and oxygen atoms in total. The van der Waals surface area contributed by atoms with Gasteiger partial charge < -0.3 is 9.53 Å². The first-order chi connectivity index (χ1) is 26.0. The van der Waals surface area contributed by atoms with Gasteiger partial charge in [-0.25, -0.2) is 8.42 Å². The number of aliphatic hydroxyl groups is 1. The van der Waals surface area contributed by atoms with Crippen LogP contribution in [-0.2, 0) is 14.4 Å². The standard InChI is InChI=1S/C46H59NO4SSi3/c1-36-29-31-37(32-30-36)52(49,50)47-42(33-34-51-55(46(2,3)4,40-25-17-11-18-26-40)41-27-19-12-20-28-41)44(48)45(54(7,8)39-23-15-10-16-24-39)43(47)35-53(5,6)38-21-13-9-14-22-38/h9-32,42-45,48H,33-35H2,1-8H3/t42-,43+,44+,45+/m0/s1. The number of sulfonamides is 1. The van der Waals surface area contributed by atoms with E-state index in [0.717, 1.165) is 5.56 Å². The summed E-state index contributed by atoms with van der Waals surface area (Å²) in [5.41, 5.74) is 0.754. The second-order valence-electron chi connectivity index (χ2n) is 17.6. The highest BCUT2D eigenvalue weighted by atomic mass is 32.2. The van der Waals surface area contributed by atoms with Crippen LogP contribution in [0.15, 0.2) is 150 Å². The molecular formula is C46H59NO4SSi3. The average Bonchev–Trinajstić information content (AvgIpc) is 3.45. The molecule has 1 aliphatic rings. The Balaban J connectivity index is 1.49. The van der Waals surface area contributed by atoms with Crippen molar-refractivity contribution in [3.05, 3.63) is 151 Å². The summed E-state index contributed by atoms with van der Waals surface area (Å²) in [4.78, 5) is 0.271. The Morgan fingerprint density at radius 2 is 1.07 bits per heavy atom. The van der Waals surface area contributed by atoms with Gasteiger partial charge >= 0.3 is 0 Å². The smallest absolute Gasteiger partial charge is 0.261 e. The molecule has 0 amide bonds. The van der Waals surface area contributed by atoms with Crippen molar-refractivity contribution in [2.75, 3.05) is 6.61 Å². The second kappa shape index (κ2) is 16.2. The van der Waals surface area contributed by atoms with E-state index >= 15 is 8.42 Å². The van der Waals surface area contributed by atoms with Crippen molar-refractivity contribution in [3.63, 3.8) is 0 Å². The van der Waals surface area contributed by atoms with Gasteiger partial charge in [0.25, 0.3) is 8.32 Å². The summed E-state index contributed by atoms with van der Waals surface area (Å²) >= 11 is 0. The molecule has 290 valence electrons. The van der Waals surface area contributed by atoms with Crippen molar-refractivity contribution in [3.8, 4) is 0 Å². The molecule has 1 N–H and O–H groups in total. The highest BCUT2D eigenvalue weighted by molar-refractivity contribution is 7.89. The monoisotopic (exact) mass is 805 g/mol. The van der Waals surface area contributed by atoms with Gasteiger partial charge in [-0.1, -0.05) is 196 Å². The van der Waals surface area contributed by atoms with E-state index in [4.69, 9.17) is 4.43 Å². The van der Waals surface area contributed by atoms with Gasteiger partial charge in [0.2, 0.25) is 10.0 Å². The fourth-order valence-electron chi connectivity index (χ4n) is 9.32. The van der Waals surface area contributed by atoms with Crippen LogP contribution in [0.2, 0.25) is 42.8 Å². The van der Waals surface area contributed by atoms with Crippen LogP contribution >= 0.6 is 0 Å². The second-order valence-corrected chi connectivity index (χ2v) is 33.2. The van der Waals surface area contributed by atoms with Gasteiger partial charge in [-0.15, -0.1) is 0 Å². The van der Waals surface area contributed by atoms with Crippen molar-refractivity contribution in [2.24, 2.45) is 0 Å². The number of hydrogen-bond donors (Lipinski definition) is 1. The Morgan fingerprint density at radius 3 is 1.53 bits per heavy atom. The normalized spacial score (nSPS) is 20.1. The summed E-state index contributed by atoms with van der Waals surface area (Å²) in [6.07, 6.45) is -0.508. The Morgan fingerprint density at radius 1 is 0.636 bits per heavy atom. The van der Waals surface area contributed by atoms with E-state index in [0.29, 0.717) is 19.1 Å². The van der Waals surface area contributed by atoms with Crippen LogP contribution < -0.4 is 20.7 Å². The lowest BCUT2D eigenvalue weighted by atomic mass is 10.1. The lowest BCUT2D eigenvalue weighted by Crippen LogP contribution is -2.66. The molecule has 0 bridgehead atoms. The molecule has 5 aromatic carbocycles. The van der Waals surface area contributed by atoms with Crippen LogP contribution in [0, 0.1) is 6.92 Å². The molecule has 5 aromatic rings. The predicted molar refractivity (Wildman–Crippen MR) is 238 cm³/mol. The maximum Gasteiger partial charge on any atom is 0.261 e. The van der Waals surface area contributed by atoms with Gasteiger partial charge in [0.1, 0.15) is 0 Å². The third-order valence-electron chi connectivity index (χ3n) is 12.2. The van der Waals surface area contributed by atoms with E-state index in [9.17, 15) is 5.11 Å². The van der Waals surface area contributed by atoms with Crippen molar-refractivity contribution < 1.29 is 18.0 Å². The largest absolute Gasteiger partial charge is 0.407 e. The van der Waals surface area contributed by atoms with E-state index in [-0.39, 0.29) is 15.5 Å². The molecular weight excluding hydrogens is 747 g/mol. The number of nitrogens with zero attached hydrogens (tertiary/aromatic N) is 1. The van der Waals surface area contributed by atoms with Gasteiger partial charge in [0.05, 0.1) is 33.2 Å². The van der Waals surface area contributed by atoms with Crippen LogP contribution in [0.5, 0.6) is 0 Å². The van der Waals surface area contributed by atoms with Crippen LogP contribution in [0.3, 0.4) is 0 Å². The van der Waals surface area contributed by atoms with Crippen molar-refractivity contribution >= 4 is 55.2 Å². The maximum absolute atomic E-state index is 15.3. The highest BCUT2D eigenvalue weighted by Gasteiger charge is 2.60. The van der Waals surface area contributed by atoms with Gasteiger partial charge in [-0.2, -0.15) is 4.31 Å². The lowest BCUT2D eigenvalue weighted by molar-refractivity contribution is 0.122. The Bertz CT molecular complexity index is 2070. The van der Waals surface area contributed by atoms with Gasteiger partial charge in [-0.05, 0) is 46.9 Å². The minimum atomic E-state index is -4.04. The molecule has 0 saturated carbocycles. The first-order valence-electron chi connectivity index (χ1n) is 19.7. The minimum Gasteiger partial charge on any atom is -0.407 e. The lowest BCUT2D eigenvalue weighted by Gasteiger charge is -2.43. The van der Waals surface area contributed by atoms with Gasteiger partial charge in [-0.3, -0.25) is 0 Å². The molecule has 0 spiro atoms. The van der Waals surface area contributed by atoms with E-state index in [1.54, 1.807) is 16.4 Å². The molecule has 0 radical (unpaired) electrons. The van der Waals surface area contributed by atoms with Crippen LogP contribution in [0.25, 0.3) is 0 Å². The third-order valence-corrected chi connectivity index (χ3v) is 26.8. The summed E-state index contributed by atoms with van der Waals surface area (Å²) in [5.74, 6) is 0.